The average molecular weight is 416 g/mol. The molecule has 1 aliphatic rings. The molecule has 0 spiro atoms. The number of aromatic amines is 1. The maximum absolute atomic E-state index is 12.6. The number of carbonyl (C=O) groups excluding carboxylic acids is 1. The fraction of sp³-hybridized carbons (Fsp3) is 0.292. The van der Waals surface area contributed by atoms with Crippen molar-refractivity contribution >= 4 is 22.5 Å². The first-order valence-electron chi connectivity index (χ1n) is 10.7. The topological polar surface area (TPSA) is 99.5 Å². The molecule has 0 unspecified atom stereocenters. The number of amides is 1. The monoisotopic (exact) mass is 416 g/mol. The maximum atomic E-state index is 12.6. The fourth-order valence-corrected chi connectivity index (χ4v) is 4.54. The average Bonchev–Trinajstić information content (AvgIpc) is 3.15. The molecule has 2 heterocycles. The molecule has 1 amide bonds. The number of aromatic hydroxyl groups is 1. The van der Waals surface area contributed by atoms with E-state index in [0.29, 0.717) is 22.3 Å². The highest BCUT2D eigenvalue weighted by molar-refractivity contribution is 5.96. The first-order chi connectivity index (χ1) is 15.0. The van der Waals surface area contributed by atoms with Crippen molar-refractivity contribution in [1.29, 1.82) is 0 Å². The highest BCUT2D eigenvalue weighted by Gasteiger charge is 2.17. The number of nitrogens with zero attached hydrogens (tertiary/aromatic N) is 2. The van der Waals surface area contributed by atoms with E-state index < -0.39 is 0 Å². The normalized spacial score (nSPS) is 14.9. The highest BCUT2D eigenvalue weighted by atomic mass is 16.3. The van der Waals surface area contributed by atoms with Gasteiger partial charge in [0.15, 0.2) is 5.65 Å². The zero-order valence-corrected chi connectivity index (χ0v) is 17.3. The van der Waals surface area contributed by atoms with Crippen LogP contribution in [-0.4, -0.2) is 31.7 Å². The Labute approximate surface area is 178 Å². The van der Waals surface area contributed by atoms with Crippen molar-refractivity contribution in [3.63, 3.8) is 0 Å². The van der Waals surface area contributed by atoms with E-state index in [0.717, 1.165) is 42.2 Å². The number of benzene rings is 2. The third-order valence-corrected chi connectivity index (χ3v) is 6.22. The lowest BCUT2D eigenvalue weighted by Gasteiger charge is -2.22. The number of hydrogen-bond acceptors (Lipinski definition) is 4. The van der Waals surface area contributed by atoms with Gasteiger partial charge in [-0.3, -0.25) is 4.79 Å². The van der Waals surface area contributed by atoms with Crippen molar-refractivity contribution in [3.8, 4) is 16.9 Å². The Kier molecular flexibility index (Phi) is 4.73. The van der Waals surface area contributed by atoms with Gasteiger partial charge >= 0.3 is 5.69 Å². The number of H-pyrrole nitrogens is 1. The molecular formula is C24H24N4O3. The van der Waals surface area contributed by atoms with E-state index in [1.807, 2.05) is 19.1 Å². The lowest BCUT2D eigenvalue weighted by molar-refractivity contribution is 0.0927. The second kappa shape index (κ2) is 7.58. The maximum Gasteiger partial charge on any atom is 0.348 e. The molecule has 1 fully saturated rings. The molecule has 4 aromatic rings. The summed E-state index contributed by atoms with van der Waals surface area (Å²) in [6.45, 7) is 1.92. The van der Waals surface area contributed by atoms with Crippen molar-refractivity contribution < 1.29 is 9.90 Å². The number of pyridine rings is 1. The van der Waals surface area contributed by atoms with Crippen LogP contribution in [0.4, 0.5) is 0 Å². The van der Waals surface area contributed by atoms with E-state index in [2.05, 4.69) is 15.5 Å². The van der Waals surface area contributed by atoms with E-state index in [1.165, 1.54) is 10.8 Å². The molecule has 3 N–H and O–H groups in total. The number of phenolic OH excluding ortho intramolecular Hbond substituents is 1. The number of rotatable bonds is 3. The molecule has 31 heavy (non-hydrogen) atoms. The van der Waals surface area contributed by atoms with Crippen LogP contribution in [0.5, 0.6) is 5.75 Å². The third-order valence-electron chi connectivity index (χ3n) is 6.22. The van der Waals surface area contributed by atoms with E-state index >= 15 is 0 Å². The van der Waals surface area contributed by atoms with Crippen LogP contribution in [0.2, 0.25) is 0 Å². The van der Waals surface area contributed by atoms with Gasteiger partial charge in [0.1, 0.15) is 5.75 Å². The second-order valence-corrected chi connectivity index (χ2v) is 8.32. The smallest absolute Gasteiger partial charge is 0.348 e. The van der Waals surface area contributed by atoms with E-state index in [4.69, 9.17) is 0 Å². The molecule has 0 aliphatic heterocycles. The van der Waals surface area contributed by atoms with Crippen molar-refractivity contribution in [3.05, 3.63) is 64.1 Å². The lowest BCUT2D eigenvalue weighted by atomic mass is 9.95. The molecule has 2 aromatic heterocycles. The first kappa shape index (κ1) is 19.4. The summed E-state index contributed by atoms with van der Waals surface area (Å²) >= 11 is 0. The van der Waals surface area contributed by atoms with Crippen molar-refractivity contribution in [1.82, 2.24) is 19.9 Å². The summed E-state index contributed by atoms with van der Waals surface area (Å²) in [5.74, 6) is 0.0503. The van der Waals surface area contributed by atoms with Crippen LogP contribution >= 0.6 is 0 Å². The van der Waals surface area contributed by atoms with Crippen molar-refractivity contribution in [2.75, 3.05) is 0 Å². The minimum atomic E-state index is -0.327. The standard InChI is InChI=1S/C24H24N4O3/c1-14-11-22-26-27-24(31)28(22)20-12-19(21(29)13-18(14)20)15-7-9-16(10-8-15)23(30)25-17-5-3-2-4-6-17/h7-13,17,29H,2-6H2,1H3,(H,25,30)(H,27,31). The minimum absolute atomic E-state index is 0.0662. The molecule has 0 bridgehead atoms. The molecule has 158 valence electrons. The van der Waals surface area contributed by atoms with Gasteiger partial charge in [-0.1, -0.05) is 31.4 Å². The minimum Gasteiger partial charge on any atom is -0.507 e. The molecule has 1 saturated carbocycles. The van der Waals surface area contributed by atoms with Gasteiger partial charge in [-0.05, 0) is 61.2 Å². The van der Waals surface area contributed by atoms with E-state index in [-0.39, 0.29) is 23.4 Å². The van der Waals surface area contributed by atoms with Gasteiger partial charge in [0.2, 0.25) is 0 Å². The van der Waals surface area contributed by atoms with Gasteiger partial charge in [0.05, 0.1) is 5.52 Å². The Balaban J connectivity index is 1.51. The predicted molar refractivity (Wildman–Crippen MR) is 119 cm³/mol. The summed E-state index contributed by atoms with van der Waals surface area (Å²) in [6.07, 6.45) is 5.65. The highest BCUT2D eigenvalue weighted by Crippen LogP contribution is 2.34. The molecule has 7 heteroatoms. The summed E-state index contributed by atoms with van der Waals surface area (Å²) in [6, 6.07) is 12.7. The van der Waals surface area contributed by atoms with Crippen LogP contribution in [0.1, 0.15) is 48.0 Å². The molecule has 0 saturated heterocycles. The number of nitrogens with one attached hydrogen (secondary N) is 2. The summed E-state index contributed by atoms with van der Waals surface area (Å²) in [7, 11) is 0. The molecular weight excluding hydrogens is 392 g/mol. The lowest BCUT2D eigenvalue weighted by Crippen LogP contribution is -2.36. The van der Waals surface area contributed by atoms with Crippen LogP contribution in [0.15, 0.2) is 47.3 Å². The van der Waals surface area contributed by atoms with E-state index in [9.17, 15) is 14.7 Å². The molecule has 7 nitrogen and oxygen atoms in total. The second-order valence-electron chi connectivity index (χ2n) is 8.32. The Morgan fingerprint density at radius 1 is 1.13 bits per heavy atom. The van der Waals surface area contributed by atoms with E-state index in [1.54, 1.807) is 30.3 Å². The van der Waals surface area contributed by atoms with Crippen LogP contribution in [0, 0.1) is 6.92 Å². The quantitative estimate of drug-likeness (QED) is 0.471. The number of carbonyl (C=O) groups is 1. The molecule has 0 atom stereocenters. The number of aryl methyl sites for hydroxylation is 1. The molecule has 0 radical (unpaired) electrons. The van der Waals surface area contributed by atoms with Gasteiger partial charge in [-0.25, -0.2) is 14.3 Å². The summed E-state index contributed by atoms with van der Waals surface area (Å²) in [5, 5.41) is 21.1. The van der Waals surface area contributed by atoms with Crippen molar-refractivity contribution in [2.24, 2.45) is 0 Å². The van der Waals surface area contributed by atoms with Crippen molar-refractivity contribution in [2.45, 2.75) is 45.1 Å². The third kappa shape index (κ3) is 3.46. The van der Waals surface area contributed by atoms with Gasteiger partial charge in [-0.15, -0.1) is 0 Å². The summed E-state index contributed by atoms with van der Waals surface area (Å²) in [5.41, 5.74) is 3.73. The van der Waals surface area contributed by atoms with Gasteiger partial charge in [0, 0.05) is 22.6 Å². The molecule has 2 aromatic carbocycles. The SMILES string of the molecule is Cc1cc2n[nH]c(=O)n2c2cc(-c3ccc(C(=O)NC4CCCCC4)cc3)c(O)cc12. The van der Waals surface area contributed by atoms with Crippen LogP contribution in [0.3, 0.4) is 0 Å². The van der Waals surface area contributed by atoms with Crippen LogP contribution in [0.25, 0.3) is 27.7 Å². The fourth-order valence-electron chi connectivity index (χ4n) is 4.54. The Morgan fingerprint density at radius 3 is 2.61 bits per heavy atom. The number of fused-ring (bicyclic) bond motifs is 3. The summed E-state index contributed by atoms with van der Waals surface area (Å²) in [4.78, 5) is 24.8. The largest absolute Gasteiger partial charge is 0.507 e. The summed E-state index contributed by atoms with van der Waals surface area (Å²) < 4.78 is 1.50. The van der Waals surface area contributed by atoms with Crippen LogP contribution in [-0.2, 0) is 0 Å². The Morgan fingerprint density at radius 2 is 1.87 bits per heavy atom. The first-order valence-corrected chi connectivity index (χ1v) is 10.7. The molecule has 1 aliphatic carbocycles. The Hall–Kier alpha value is -3.61. The number of aromatic nitrogens is 3. The zero-order chi connectivity index (χ0) is 21.5. The Bertz CT molecular complexity index is 1350. The van der Waals surface area contributed by atoms with Gasteiger partial charge in [0.25, 0.3) is 5.91 Å². The predicted octanol–water partition coefficient (Wildman–Crippen LogP) is 3.92. The molecule has 5 rings (SSSR count). The zero-order valence-electron chi connectivity index (χ0n) is 17.3. The van der Waals surface area contributed by atoms with Gasteiger partial charge < -0.3 is 10.4 Å². The number of hydrogen-bond donors (Lipinski definition) is 3. The van der Waals surface area contributed by atoms with Gasteiger partial charge in [-0.2, -0.15) is 5.10 Å². The number of phenols is 1. The van der Waals surface area contributed by atoms with Crippen LogP contribution < -0.4 is 11.0 Å².